The van der Waals surface area contributed by atoms with E-state index in [-0.39, 0.29) is 5.91 Å². The highest BCUT2D eigenvalue weighted by Gasteiger charge is 2.27. The maximum atomic E-state index is 12.9. The van der Waals surface area contributed by atoms with Crippen LogP contribution in [0.25, 0.3) is 0 Å². The Morgan fingerprint density at radius 1 is 1.39 bits per heavy atom. The van der Waals surface area contributed by atoms with Crippen molar-refractivity contribution in [2.45, 2.75) is 52.6 Å². The highest BCUT2D eigenvalue weighted by atomic mass is 32.1. The van der Waals surface area contributed by atoms with Gasteiger partial charge in [-0.25, -0.2) is 0 Å². The molecule has 1 atom stereocenters. The van der Waals surface area contributed by atoms with E-state index in [0.29, 0.717) is 6.54 Å². The van der Waals surface area contributed by atoms with Crippen LogP contribution in [0.2, 0.25) is 0 Å². The number of amides is 1. The minimum absolute atomic E-state index is 0.157. The molecule has 23 heavy (non-hydrogen) atoms. The van der Waals surface area contributed by atoms with E-state index in [1.54, 1.807) is 11.3 Å². The Bertz CT molecular complexity index is 748. The van der Waals surface area contributed by atoms with Crippen LogP contribution in [-0.2, 0) is 32.4 Å². The fraction of sp³-hybridized carbons (Fsp3) is 0.588. The molecule has 2 aliphatic rings. The van der Waals surface area contributed by atoms with E-state index >= 15 is 0 Å². The van der Waals surface area contributed by atoms with Crippen LogP contribution in [0.5, 0.6) is 0 Å². The molecular formula is C17H22N4OS. The summed E-state index contributed by atoms with van der Waals surface area (Å²) in [5.74, 6) is 2.83. The first-order valence-corrected chi connectivity index (χ1v) is 9.29. The van der Waals surface area contributed by atoms with Crippen LogP contribution in [0.3, 0.4) is 0 Å². The number of aryl methyl sites for hydroxylation is 2. The molecule has 4 rings (SSSR count). The van der Waals surface area contributed by atoms with Crippen molar-refractivity contribution in [3.8, 4) is 0 Å². The number of rotatable bonds is 2. The Hall–Kier alpha value is -1.69. The molecule has 0 radical (unpaired) electrons. The first-order valence-electron chi connectivity index (χ1n) is 8.47. The number of hydrogen-bond donors (Lipinski definition) is 0. The van der Waals surface area contributed by atoms with Crippen molar-refractivity contribution in [3.05, 3.63) is 33.0 Å². The molecule has 0 fully saturated rings. The fourth-order valence-corrected chi connectivity index (χ4v) is 4.80. The number of carbonyl (C=O) groups is 1. The second-order valence-electron chi connectivity index (χ2n) is 6.67. The molecular weight excluding hydrogens is 308 g/mol. The Kier molecular flexibility index (Phi) is 3.71. The van der Waals surface area contributed by atoms with Gasteiger partial charge in [-0.1, -0.05) is 13.8 Å². The molecule has 1 aliphatic heterocycles. The second kappa shape index (κ2) is 5.74. The number of aromatic nitrogens is 3. The summed E-state index contributed by atoms with van der Waals surface area (Å²) in [6, 6.07) is 2.13. The van der Waals surface area contributed by atoms with Gasteiger partial charge in [0.05, 0.1) is 11.4 Å². The predicted molar refractivity (Wildman–Crippen MR) is 89.6 cm³/mol. The lowest BCUT2D eigenvalue weighted by Gasteiger charge is -2.27. The lowest BCUT2D eigenvalue weighted by atomic mass is 9.90. The van der Waals surface area contributed by atoms with Crippen LogP contribution in [0.4, 0.5) is 0 Å². The zero-order chi connectivity index (χ0) is 16.0. The second-order valence-corrected chi connectivity index (χ2v) is 7.81. The predicted octanol–water partition coefficient (Wildman–Crippen LogP) is 2.68. The Balaban J connectivity index is 1.54. The first-order chi connectivity index (χ1) is 11.2. The normalized spacial score (nSPS) is 20.3. The van der Waals surface area contributed by atoms with E-state index in [2.05, 4.69) is 34.7 Å². The first kappa shape index (κ1) is 14.9. The van der Waals surface area contributed by atoms with E-state index in [1.807, 2.05) is 4.90 Å². The molecule has 0 aromatic carbocycles. The Morgan fingerprint density at radius 2 is 2.26 bits per heavy atom. The fourth-order valence-electron chi connectivity index (χ4n) is 3.62. The quantitative estimate of drug-likeness (QED) is 0.851. The Morgan fingerprint density at radius 3 is 3.09 bits per heavy atom. The summed E-state index contributed by atoms with van der Waals surface area (Å²) >= 11 is 1.70. The van der Waals surface area contributed by atoms with Crippen LogP contribution in [-0.4, -0.2) is 32.1 Å². The smallest absolute Gasteiger partial charge is 0.264 e. The number of carbonyl (C=O) groups excluding carboxylic acids is 1. The van der Waals surface area contributed by atoms with Crippen LogP contribution in [0, 0.1) is 5.92 Å². The zero-order valence-electron chi connectivity index (χ0n) is 13.7. The molecule has 6 heteroatoms. The van der Waals surface area contributed by atoms with E-state index in [1.165, 1.54) is 16.9 Å². The van der Waals surface area contributed by atoms with Crippen LogP contribution in [0.15, 0.2) is 6.07 Å². The topological polar surface area (TPSA) is 51.0 Å². The van der Waals surface area contributed by atoms with Gasteiger partial charge in [0.2, 0.25) is 0 Å². The van der Waals surface area contributed by atoms with E-state index in [0.717, 1.165) is 54.8 Å². The van der Waals surface area contributed by atoms with Crippen molar-refractivity contribution in [3.63, 3.8) is 0 Å². The summed E-state index contributed by atoms with van der Waals surface area (Å²) in [4.78, 5) is 17.1. The molecule has 5 nitrogen and oxygen atoms in total. The lowest BCUT2D eigenvalue weighted by molar-refractivity contribution is 0.0711. The third-order valence-corrected chi connectivity index (χ3v) is 6.20. The number of thiophene rings is 1. The molecule has 0 saturated heterocycles. The zero-order valence-corrected chi connectivity index (χ0v) is 14.5. The average Bonchev–Trinajstić information content (AvgIpc) is 3.16. The van der Waals surface area contributed by atoms with Gasteiger partial charge in [-0.05, 0) is 36.8 Å². The summed E-state index contributed by atoms with van der Waals surface area (Å²) in [5, 5.41) is 8.47. The van der Waals surface area contributed by atoms with Crippen LogP contribution in [0.1, 0.15) is 52.0 Å². The van der Waals surface area contributed by atoms with Gasteiger partial charge in [0.1, 0.15) is 5.82 Å². The third-order valence-electron chi connectivity index (χ3n) is 4.97. The summed E-state index contributed by atoms with van der Waals surface area (Å²) in [5.41, 5.74) is 1.39. The minimum Gasteiger partial charge on any atom is -0.329 e. The van der Waals surface area contributed by atoms with Gasteiger partial charge in [-0.2, -0.15) is 0 Å². The molecule has 0 saturated carbocycles. The molecule has 2 aromatic rings. The molecule has 122 valence electrons. The molecule has 1 aliphatic carbocycles. The van der Waals surface area contributed by atoms with Crippen molar-refractivity contribution >= 4 is 17.2 Å². The standard InChI is InChI=1S/C17H22N4OS/c1-3-15-18-19-16-10-20(6-7-21(15)16)17(22)14-9-12-8-11(2)4-5-13(12)23-14/h9,11H,3-8,10H2,1-2H3. The van der Waals surface area contributed by atoms with Crippen molar-refractivity contribution in [2.75, 3.05) is 6.54 Å². The van der Waals surface area contributed by atoms with Gasteiger partial charge in [-0.15, -0.1) is 21.5 Å². The molecule has 1 unspecified atom stereocenters. The van der Waals surface area contributed by atoms with Gasteiger partial charge < -0.3 is 9.47 Å². The van der Waals surface area contributed by atoms with E-state index in [9.17, 15) is 4.79 Å². The molecule has 0 bridgehead atoms. The Labute approximate surface area is 140 Å². The van der Waals surface area contributed by atoms with Gasteiger partial charge in [0.15, 0.2) is 5.82 Å². The largest absolute Gasteiger partial charge is 0.329 e. The third kappa shape index (κ3) is 2.59. The van der Waals surface area contributed by atoms with Gasteiger partial charge in [0.25, 0.3) is 5.91 Å². The summed E-state index contributed by atoms with van der Waals surface area (Å²) in [6.45, 7) is 6.51. The van der Waals surface area contributed by atoms with Crippen molar-refractivity contribution in [1.82, 2.24) is 19.7 Å². The minimum atomic E-state index is 0.157. The molecule has 3 heterocycles. The van der Waals surface area contributed by atoms with E-state index in [4.69, 9.17) is 0 Å². The highest BCUT2D eigenvalue weighted by Crippen LogP contribution is 2.33. The maximum absolute atomic E-state index is 12.9. The van der Waals surface area contributed by atoms with Crippen molar-refractivity contribution < 1.29 is 4.79 Å². The summed E-state index contributed by atoms with van der Waals surface area (Å²) in [7, 11) is 0. The van der Waals surface area contributed by atoms with Crippen LogP contribution < -0.4 is 0 Å². The van der Waals surface area contributed by atoms with Gasteiger partial charge in [0, 0.05) is 24.4 Å². The summed E-state index contributed by atoms with van der Waals surface area (Å²) < 4.78 is 2.16. The average molecular weight is 330 g/mol. The summed E-state index contributed by atoms with van der Waals surface area (Å²) in [6.07, 6.45) is 4.38. The monoisotopic (exact) mass is 330 g/mol. The van der Waals surface area contributed by atoms with Gasteiger partial charge in [-0.3, -0.25) is 4.79 Å². The molecule has 0 spiro atoms. The molecule has 2 aromatic heterocycles. The van der Waals surface area contributed by atoms with Crippen molar-refractivity contribution in [2.24, 2.45) is 5.92 Å². The maximum Gasteiger partial charge on any atom is 0.264 e. The van der Waals surface area contributed by atoms with Gasteiger partial charge >= 0.3 is 0 Å². The molecule has 0 N–H and O–H groups in total. The van der Waals surface area contributed by atoms with Crippen LogP contribution >= 0.6 is 11.3 Å². The van der Waals surface area contributed by atoms with Crippen molar-refractivity contribution in [1.29, 1.82) is 0 Å². The number of hydrogen-bond acceptors (Lipinski definition) is 4. The highest BCUT2D eigenvalue weighted by molar-refractivity contribution is 7.14. The van der Waals surface area contributed by atoms with E-state index < -0.39 is 0 Å². The number of nitrogens with zero attached hydrogens (tertiary/aromatic N) is 4. The SMILES string of the molecule is CCc1nnc2n1CCN(C(=O)c1cc3c(s1)CCC(C)C3)C2. The molecule has 1 amide bonds. The number of fused-ring (bicyclic) bond motifs is 2. The lowest BCUT2D eigenvalue weighted by Crippen LogP contribution is -2.38.